The summed E-state index contributed by atoms with van der Waals surface area (Å²) in [4.78, 5) is 20.1. The zero-order valence-electron chi connectivity index (χ0n) is 10.8. The number of carboxylic acids is 1. The van der Waals surface area contributed by atoms with Crippen LogP contribution in [-0.4, -0.2) is 27.7 Å². The van der Waals surface area contributed by atoms with Crippen LogP contribution >= 0.6 is 0 Å². The Kier molecular flexibility index (Phi) is 2.95. The van der Waals surface area contributed by atoms with Crippen molar-refractivity contribution < 1.29 is 14.6 Å². The van der Waals surface area contributed by atoms with Gasteiger partial charge in [-0.2, -0.15) is 0 Å². The number of carboxylic acid groups (broad SMARTS) is 1. The molecule has 3 aromatic rings. The van der Waals surface area contributed by atoms with Gasteiger partial charge in [0.05, 0.1) is 23.2 Å². The van der Waals surface area contributed by atoms with E-state index in [1.807, 2.05) is 19.1 Å². The molecule has 5 nitrogen and oxygen atoms in total. The third-order valence-corrected chi connectivity index (χ3v) is 2.99. The molecule has 1 N–H and O–H groups in total. The maximum absolute atomic E-state index is 11.2. The summed E-state index contributed by atoms with van der Waals surface area (Å²) in [5.74, 6) is -0.356. The summed E-state index contributed by atoms with van der Waals surface area (Å²) < 4.78 is 5.53. The molecule has 1 aromatic heterocycles. The molecule has 0 saturated carbocycles. The van der Waals surface area contributed by atoms with Crippen LogP contribution in [0, 0.1) is 0 Å². The SMILES string of the molecule is CCOc1cccc2nc3c(C(=O)O)cccc3nc12. The first-order valence-electron chi connectivity index (χ1n) is 6.26. The molecule has 5 heteroatoms. The topological polar surface area (TPSA) is 72.3 Å². The van der Waals surface area contributed by atoms with Crippen molar-refractivity contribution in [2.75, 3.05) is 6.61 Å². The highest BCUT2D eigenvalue weighted by molar-refractivity contribution is 6.03. The summed E-state index contributed by atoms with van der Waals surface area (Å²) in [5, 5.41) is 9.20. The van der Waals surface area contributed by atoms with E-state index >= 15 is 0 Å². The van der Waals surface area contributed by atoms with Crippen LogP contribution in [0.4, 0.5) is 0 Å². The Morgan fingerprint density at radius 2 is 1.75 bits per heavy atom. The molecule has 0 atom stereocenters. The number of fused-ring (bicyclic) bond motifs is 2. The fraction of sp³-hybridized carbons (Fsp3) is 0.133. The highest BCUT2D eigenvalue weighted by Crippen LogP contribution is 2.26. The second kappa shape index (κ2) is 4.77. The fourth-order valence-electron chi connectivity index (χ4n) is 2.14. The molecule has 0 fully saturated rings. The van der Waals surface area contributed by atoms with Gasteiger partial charge < -0.3 is 9.84 Å². The maximum Gasteiger partial charge on any atom is 0.337 e. The predicted molar refractivity (Wildman–Crippen MR) is 75.2 cm³/mol. The molecule has 0 amide bonds. The Balaban J connectivity index is 2.37. The molecule has 0 radical (unpaired) electrons. The third-order valence-electron chi connectivity index (χ3n) is 2.99. The Hall–Kier alpha value is -2.69. The summed E-state index contributed by atoms with van der Waals surface area (Å²) in [6, 6.07) is 10.4. The zero-order chi connectivity index (χ0) is 14.1. The normalized spacial score (nSPS) is 10.8. The van der Waals surface area contributed by atoms with Gasteiger partial charge in [-0.1, -0.05) is 12.1 Å². The van der Waals surface area contributed by atoms with Gasteiger partial charge in [0.2, 0.25) is 0 Å². The molecule has 100 valence electrons. The lowest BCUT2D eigenvalue weighted by atomic mass is 10.1. The summed E-state index contributed by atoms with van der Waals surface area (Å²) in [5.41, 5.74) is 2.35. The smallest absolute Gasteiger partial charge is 0.337 e. The van der Waals surface area contributed by atoms with E-state index in [0.717, 1.165) is 0 Å². The van der Waals surface area contributed by atoms with Crippen LogP contribution in [0.15, 0.2) is 36.4 Å². The monoisotopic (exact) mass is 268 g/mol. The number of ether oxygens (including phenoxy) is 1. The molecule has 0 aliphatic rings. The fourth-order valence-corrected chi connectivity index (χ4v) is 2.14. The van der Waals surface area contributed by atoms with Gasteiger partial charge in [0.15, 0.2) is 0 Å². The highest BCUT2D eigenvalue weighted by atomic mass is 16.5. The lowest BCUT2D eigenvalue weighted by Crippen LogP contribution is -2.01. The second-order valence-electron chi connectivity index (χ2n) is 4.26. The first-order valence-corrected chi connectivity index (χ1v) is 6.26. The van der Waals surface area contributed by atoms with E-state index in [-0.39, 0.29) is 5.56 Å². The minimum atomic E-state index is -1.01. The number of hydrogen-bond donors (Lipinski definition) is 1. The van der Waals surface area contributed by atoms with E-state index in [1.165, 1.54) is 6.07 Å². The van der Waals surface area contributed by atoms with Crippen molar-refractivity contribution in [3.05, 3.63) is 42.0 Å². The third kappa shape index (κ3) is 1.93. The van der Waals surface area contributed by atoms with E-state index in [0.29, 0.717) is 34.4 Å². The van der Waals surface area contributed by atoms with Gasteiger partial charge in [0.25, 0.3) is 0 Å². The summed E-state index contributed by atoms with van der Waals surface area (Å²) in [7, 11) is 0. The standard InChI is InChI=1S/C15H12N2O3/c1-2-20-12-8-4-7-11-14(12)17-10-6-3-5-9(15(18)19)13(10)16-11/h3-8H,2H2,1H3,(H,18,19). The molecule has 0 bridgehead atoms. The molecular formula is C15H12N2O3. The van der Waals surface area contributed by atoms with Crippen molar-refractivity contribution in [3.63, 3.8) is 0 Å². The van der Waals surface area contributed by atoms with Gasteiger partial charge in [-0.15, -0.1) is 0 Å². The molecule has 1 heterocycles. The van der Waals surface area contributed by atoms with Gasteiger partial charge in [0, 0.05) is 0 Å². The molecule has 0 saturated heterocycles. The summed E-state index contributed by atoms with van der Waals surface area (Å²) >= 11 is 0. The first-order chi connectivity index (χ1) is 9.70. The quantitative estimate of drug-likeness (QED) is 0.739. The number of benzene rings is 2. The van der Waals surface area contributed by atoms with E-state index < -0.39 is 5.97 Å². The van der Waals surface area contributed by atoms with Crippen LogP contribution in [-0.2, 0) is 0 Å². The average molecular weight is 268 g/mol. The molecular weight excluding hydrogens is 256 g/mol. The first kappa shape index (κ1) is 12.3. The van der Waals surface area contributed by atoms with Gasteiger partial charge in [-0.05, 0) is 31.2 Å². The number of nitrogens with zero attached hydrogens (tertiary/aromatic N) is 2. The number of aromatic carboxylic acids is 1. The number of rotatable bonds is 3. The van der Waals surface area contributed by atoms with Crippen LogP contribution in [0.3, 0.4) is 0 Å². The Bertz CT molecular complexity index is 815. The van der Waals surface area contributed by atoms with Gasteiger partial charge in [-0.25, -0.2) is 14.8 Å². The van der Waals surface area contributed by atoms with Crippen LogP contribution in [0.1, 0.15) is 17.3 Å². The Labute approximate surface area is 114 Å². The molecule has 0 aliphatic carbocycles. The lowest BCUT2D eigenvalue weighted by molar-refractivity contribution is 0.0699. The van der Waals surface area contributed by atoms with E-state index in [9.17, 15) is 9.90 Å². The molecule has 2 aromatic carbocycles. The van der Waals surface area contributed by atoms with Crippen molar-refractivity contribution in [1.29, 1.82) is 0 Å². The van der Waals surface area contributed by atoms with Crippen molar-refractivity contribution in [2.45, 2.75) is 6.92 Å². The maximum atomic E-state index is 11.2. The second-order valence-corrected chi connectivity index (χ2v) is 4.26. The van der Waals surface area contributed by atoms with Crippen LogP contribution in [0.25, 0.3) is 22.1 Å². The number of para-hydroxylation sites is 2. The van der Waals surface area contributed by atoms with Crippen molar-refractivity contribution in [3.8, 4) is 5.75 Å². The predicted octanol–water partition coefficient (Wildman–Crippen LogP) is 2.88. The average Bonchev–Trinajstić information content (AvgIpc) is 2.45. The minimum Gasteiger partial charge on any atom is -0.492 e. The van der Waals surface area contributed by atoms with E-state index in [2.05, 4.69) is 9.97 Å². The van der Waals surface area contributed by atoms with Crippen LogP contribution in [0.2, 0.25) is 0 Å². The number of carbonyl (C=O) groups is 1. The van der Waals surface area contributed by atoms with Crippen LogP contribution in [0.5, 0.6) is 5.75 Å². The van der Waals surface area contributed by atoms with Crippen molar-refractivity contribution in [1.82, 2.24) is 9.97 Å². The Morgan fingerprint density at radius 3 is 2.45 bits per heavy atom. The van der Waals surface area contributed by atoms with Crippen molar-refractivity contribution >= 4 is 28.0 Å². The Morgan fingerprint density at radius 1 is 1.10 bits per heavy atom. The molecule has 0 spiro atoms. The number of aromatic nitrogens is 2. The molecule has 3 rings (SSSR count). The molecule has 20 heavy (non-hydrogen) atoms. The highest BCUT2D eigenvalue weighted by Gasteiger charge is 2.13. The molecule has 0 unspecified atom stereocenters. The van der Waals surface area contributed by atoms with Crippen molar-refractivity contribution in [2.24, 2.45) is 0 Å². The summed E-state index contributed by atoms with van der Waals surface area (Å²) in [6.45, 7) is 2.43. The molecule has 0 aliphatic heterocycles. The minimum absolute atomic E-state index is 0.152. The summed E-state index contributed by atoms with van der Waals surface area (Å²) in [6.07, 6.45) is 0. The van der Waals surface area contributed by atoms with Gasteiger partial charge in [-0.3, -0.25) is 0 Å². The van der Waals surface area contributed by atoms with Gasteiger partial charge >= 0.3 is 5.97 Å². The zero-order valence-corrected chi connectivity index (χ0v) is 10.8. The van der Waals surface area contributed by atoms with Crippen LogP contribution < -0.4 is 4.74 Å². The number of hydrogen-bond acceptors (Lipinski definition) is 4. The van der Waals surface area contributed by atoms with E-state index in [1.54, 1.807) is 18.2 Å². The van der Waals surface area contributed by atoms with Gasteiger partial charge in [0.1, 0.15) is 16.8 Å². The van der Waals surface area contributed by atoms with E-state index in [4.69, 9.17) is 4.74 Å². The largest absolute Gasteiger partial charge is 0.492 e. The lowest BCUT2D eigenvalue weighted by Gasteiger charge is -2.08.